The minimum atomic E-state index is -1.84. The van der Waals surface area contributed by atoms with Crippen LogP contribution in [0.5, 0.6) is 0 Å². The third-order valence-electron chi connectivity index (χ3n) is 4.96. The molecule has 0 aliphatic heterocycles. The summed E-state index contributed by atoms with van der Waals surface area (Å²) < 4.78 is -1.84. The Morgan fingerprint density at radius 2 is 1.60 bits per heavy atom. The maximum Gasteiger partial charge on any atom is 0.228 e. The van der Waals surface area contributed by atoms with Crippen LogP contribution in [0.1, 0.15) is 16.7 Å². The number of hydrogen-bond acceptors (Lipinski definition) is 4. The number of hydrogen-bond donors (Lipinski definition) is 3. The first kappa shape index (κ1) is 26.9. The van der Waals surface area contributed by atoms with Crippen LogP contribution in [0.4, 0.5) is 17.1 Å². The molecule has 10 heteroatoms. The number of nitrogens with one attached hydrogen (secondary N) is 3. The molecule has 0 aromatic heterocycles. The van der Waals surface area contributed by atoms with Crippen molar-refractivity contribution in [1.29, 1.82) is 0 Å². The summed E-state index contributed by atoms with van der Waals surface area (Å²) in [6.45, 7) is 3.89. The van der Waals surface area contributed by atoms with Gasteiger partial charge in [-0.25, -0.2) is 0 Å². The molecule has 3 N–H and O–H groups in total. The Kier molecular flexibility index (Phi) is 9.46. The van der Waals surface area contributed by atoms with Crippen LogP contribution >= 0.6 is 47.0 Å². The lowest BCUT2D eigenvalue weighted by Gasteiger charge is -2.28. The van der Waals surface area contributed by atoms with E-state index in [1.165, 1.54) is 0 Å². The van der Waals surface area contributed by atoms with E-state index in [9.17, 15) is 4.79 Å². The summed E-state index contributed by atoms with van der Waals surface area (Å²) in [6.07, 6.45) is -0.913. The maximum absolute atomic E-state index is 12.5. The predicted molar refractivity (Wildman–Crippen MR) is 148 cm³/mol. The van der Waals surface area contributed by atoms with Crippen LogP contribution < -0.4 is 16.0 Å². The quantitative estimate of drug-likeness (QED) is 0.128. The number of aryl methyl sites for hydroxylation is 2. The Morgan fingerprint density at radius 1 is 0.914 bits per heavy atom. The molecule has 0 aliphatic carbocycles. The highest BCUT2D eigenvalue weighted by Crippen LogP contribution is 2.30. The highest BCUT2D eigenvalue weighted by molar-refractivity contribution is 7.80. The summed E-state index contributed by atoms with van der Waals surface area (Å²) in [7, 11) is 0. The second-order valence-corrected chi connectivity index (χ2v) is 10.6. The number of nitrogens with zero attached hydrogens (tertiary/aromatic N) is 2. The average molecular weight is 549 g/mol. The van der Waals surface area contributed by atoms with E-state index in [2.05, 4.69) is 26.2 Å². The van der Waals surface area contributed by atoms with Crippen LogP contribution in [0.15, 0.2) is 83.0 Å². The van der Waals surface area contributed by atoms with E-state index < -0.39 is 9.96 Å². The first-order chi connectivity index (χ1) is 16.6. The van der Waals surface area contributed by atoms with E-state index >= 15 is 0 Å². The Balaban J connectivity index is 1.62. The molecule has 0 saturated carbocycles. The molecule has 0 fully saturated rings. The van der Waals surface area contributed by atoms with Crippen molar-refractivity contribution in [2.45, 2.75) is 30.2 Å². The summed E-state index contributed by atoms with van der Waals surface area (Å²) in [4.78, 5) is 12.5. The van der Waals surface area contributed by atoms with Crippen LogP contribution in [-0.4, -0.2) is 21.0 Å². The van der Waals surface area contributed by atoms with E-state index in [-0.39, 0.29) is 17.4 Å². The lowest BCUT2D eigenvalue weighted by atomic mass is 10.1. The lowest BCUT2D eigenvalue weighted by molar-refractivity contribution is -0.121. The van der Waals surface area contributed by atoms with Crippen molar-refractivity contribution in [1.82, 2.24) is 10.6 Å². The zero-order valence-corrected chi connectivity index (χ0v) is 22.1. The molecule has 182 valence electrons. The number of halogens is 3. The Hall–Kier alpha value is -2.71. The number of thiocarbonyl (C=S) groups is 1. The lowest BCUT2D eigenvalue weighted by Crippen LogP contribution is -2.56. The monoisotopic (exact) mass is 547 g/mol. The van der Waals surface area contributed by atoms with Gasteiger partial charge in [0.25, 0.3) is 0 Å². The molecule has 0 saturated heterocycles. The molecule has 1 amide bonds. The van der Waals surface area contributed by atoms with Crippen LogP contribution in [0.3, 0.4) is 0 Å². The minimum Gasteiger partial charge on any atom is -0.339 e. The number of amides is 1. The Labute approximate surface area is 225 Å². The molecule has 0 bridgehead atoms. The highest BCUT2D eigenvalue weighted by Gasteiger charge is 2.34. The molecule has 3 aromatic rings. The van der Waals surface area contributed by atoms with Crippen molar-refractivity contribution in [3.05, 3.63) is 89.5 Å². The van der Waals surface area contributed by atoms with Gasteiger partial charge >= 0.3 is 0 Å². The molecule has 0 aliphatic rings. The number of alkyl halides is 3. The summed E-state index contributed by atoms with van der Waals surface area (Å²) in [5, 5.41) is 17.4. The van der Waals surface area contributed by atoms with Gasteiger partial charge in [-0.2, -0.15) is 10.2 Å². The summed E-state index contributed by atoms with van der Waals surface area (Å²) in [5.74, 6) is -0.317. The molecular formula is C25H24Cl3N5OS. The summed E-state index contributed by atoms with van der Waals surface area (Å²) in [6, 6.07) is 22.5. The Bertz CT molecular complexity index is 1220. The van der Waals surface area contributed by atoms with Crippen molar-refractivity contribution < 1.29 is 4.79 Å². The summed E-state index contributed by atoms with van der Waals surface area (Å²) in [5.41, 5.74) is 5.00. The predicted octanol–water partition coefficient (Wildman–Crippen LogP) is 7.06. The zero-order chi connectivity index (χ0) is 25.4. The minimum absolute atomic E-state index is 0.136. The van der Waals surface area contributed by atoms with Crippen molar-refractivity contribution in [2.75, 3.05) is 5.32 Å². The number of carbonyl (C=O) groups excluding carboxylic acids is 1. The van der Waals surface area contributed by atoms with E-state index in [4.69, 9.17) is 47.0 Å². The van der Waals surface area contributed by atoms with Crippen LogP contribution in [-0.2, 0) is 11.2 Å². The first-order valence-electron chi connectivity index (χ1n) is 10.7. The van der Waals surface area contributed by atoms with Crippen LogP contribution in [0, 0.1) is 13.8 Å². The van der Waals surface area contributed by atoms with Crippen molar-refractivity contribution in [3.8, 4) is 0 Å². The highest BCUT2D eigenvalue weighted by atomic mass is 35.6. The van der Waals surface area contributed by atoms with Gasteiger partial charge in [0, 0.05) is 5.69 Å². The SMILES string of the molecule is Cc1ccccc1N=Nc1ccc(NC(=S)N[C@@H](NC(=O)Cc2ccccc2)C(Cl)(Cl)Cl)c(C)c1. The second-order valence-electron chi connectivity index (χ2n) is 7.79. The number of benzene rings is 3. The zero-order valence-electron chi connectivity index (χ0n) is 19.1. The fourth-order valence-electron chi connectivity index (χ4n) is 3.12. The third kappa shape index (κ3) is 8.47. The van der Waals surface area contributed by atoms with Gasteiger partial charge in [0.05, 0.1) is 17.8 Å². The number of rotatable bonds is 7. The number of carbonyl (C=O) groups is 1. The van der Waals surface area contributed by atoms with Gasteiger partial charge in [-0.15, -0.1) is 0 Å². The molecule has 0 heterocycles. The van der Waals surface area contributed by atoms with E-state index in [1.807, 2.05) is 86.6 Å². The summed E-state index contributed by atoms with van der Waals surface area (Å²) >= 11 is 23.6. The third-order valence-corrected chi connectivity index (χ3v) is 5.84. The van der Waals surface area contributed by atoms with Crippen LogP contribution in [0.2, 0.25) is 0 Å². The van der Waals surface area contributed by atoms with Crippen molar-refractivity contribution in [2.24, 2.45) is 10.2 Å². The smallest absolute Gasteiger partial charge is 0.228 e. The normalized spacial score (nSPS) is 12.3. The second kappa shape index (κ2) is 12.3. The molecule has 6 nitrogen and oxygen atoms in total. The van der Waals surface area contributed by atoms with Gasteiger partial charge in [0.2, 0.25) is 9.70 Å². The van der Waals surface area contributed by atoms with Crippen molar-refractivity contribution >= 4 is 75.1 Å². The molecule has 0 radical (unpaired) electrons. The fourth-order valence-corrected chi connectivity index (χ4v) is 3.68. The fraction of sp³-hybridized carbons (Fsp3) is 0.200. The average Bonchev–Trinajstić information content (AvgIpc) is 2.80. The Morgan fingerprint density at radius 3 is 2.26 bits per heavy atom. The number of anilines is 1. The van der Waals surface area contributed by atoms with Gasteiger partial charge in [-0.05, 0) is 67.0 Å². The van der Waals surface area contributed by atoms with Crippen molar-refractivity contribution in [3.63, 3.8) is 0 Å². The van der Waals surface area contributed by atoms with Gasteiger partial charge in [-0.3, -0.25) is 4.79 Å². The molecule has 35 heavy (non-hydrogen) atoms. The van der Waals surface area contributed by atoms with Gasteiger partial charge < -0.3 is 16.0 Å². The van der Waals surface area contributed by atoms with E-state index in [1.54, 1.807) is 0 Å². The van der Waals surface area contributed by atoms with Crippen LogP contribution in [0.25, 0.3) is 0 Å². The molecule has 3 rings (SSSR count). The van der Waals surface area contributed by atoms with E-state index in [0.29, 0.717) is 5.69 Å². The molecule has 0 unspecified atom stereocenters. The van der Waals surface area contributed by atoms with E-state index in [0.717, 1.165) is 28.1 Å². The maximum atomic E-state index is 12.5. The molecule has 3 aromatic carbocycles. The van der Waals surface area contributed by atoms with Gasteiger partial charge in [0.15, 0.2) is 5.11 Å². The standard InChI is InChI=1S/C25H24Cl3N5OS/c1-16-8-6-7-11-21(16)33-32-19-12-13-20(17(2)14-19)29-24(35)31-23(25(26,27)28)30-22(34)15-18-9-4-3-5-10-18/h3-14,23H,15H2,1-2H3,(H,30,34)(H2,29,31,35)/t23-/m1/s1. The van der Waals surface area contributed by atoms with Gasteiger partial charge in [-0.1, -0.05) is 83.3 Å². The van der Waals surface area contributed by atoms with Gasteiger partial charge in [0.1, 0.15) is 6.17 Å². The number of azo groups is 1. The molecule has 1 atom stereocenters. The molecular weight excluding hydrogens is 525 g/mol. The topological polar surface area (TPSA) is 77.9 Å². The largest absolute Gasteiger partial charge is 0.339 e. The molecule has 0 spiro atoms. The first-order valence-corrected chi connectivity index (χ1v) is 12.2.